The van der Waals surface area contributed by atoms with Gasteiger partial charge < -0.3 is 0 Å². The zero-order valence-corrected chi connectivity index (χ0v) is 11.8. The molecule has 3 aromatic rings. The fourth-order valence-corrected chi connectivity index (χ4v) is 2.95. The monoisotopic (exact) mass is 300 g/mol. The molecule has 1 aromatic carbocycles. The number of fused-ring (bicyclic) bond motifs is 1. The molecular weight excluding hydrogens is 288 g/mol. The number of carbonyl (C=O) groups excluding carboxylic acids is 1. The lowest BCUT2D eigenvalue weighted by atomic mass is 10.2. The van der Waals surface area contributed by atoms with Crippen molar-refractivity contribution in [2.45, 2.75) is 6.54 Å². The van der Waals surface area contributed by atoms with Crippen LogP contribution in [0.2, 0.25) is 0 Å². The first kappa shape index (κ1) is 13.5. The summed E-state index contributed by atoms with van der Waals surface area (Å²) in [5.41, 5.74) is 3.37. The van der Waals surface area contributed by atoms with Gasteiger partial charge in [-0.3, -0.25) is 19.6 Å². The van der Waals surface area contributed by atoms with E-state index in [1.54, 1.807) is 29.6 Å². The average Bonchev–Trinajstić information content (AvgIpc) is 2.98. The third kappa shape index (κ3) is 2.44. The number of benzene rings is 1. The summed E-state index contributed by atoms with van der Waals surface area (Å²) in [6, 6.07) is 8.97. The van der Waals surface area contributed by atoms with Gasteiger partial charge in [-0.15, -0.1) is 11.3 Å². The van der Waals surface area contributed by atoms with Gasteiger partial charge in [-0.05, 0) is 29.1 Å². The smallest absolute Gasteiger partial charge is 0.275 e. The number of hydrogen-bond acceptors (Lipinski definition) is 5. The number of nitrogens with two attached hydrogens (primary N) is 1. The topological polar surface area (TPSA) is 90.0 Å². The van der Waals surface area contributed by atoms with E-state index in [1.807, 2.05) is 6.07 Å². The summed E-state index contributed by atoms with van der Waals surface area (Å²) in [7, 11) is 0. The first-order chi connectivity index (χ1) is 10.2. The van der Waals surface area contributed by atoms with E-state index >= 15 is 0 Å². The first-order valence-electron chi connectivity index (χ1n) is 6.22. The number of nitrogen functional groups attached to an aromatic ring is 1. The lowest BCUT2D eigenvalue weighted by molar-refractivity contribution is 0.0957. The zero-order valence-electron chi connectivity index (χ0n) is 10.9. The number of rotatable bonds is 3. The van der Waals surface area contributed by atoms with Crippen LogP contribution in [-0.4, -0.2) is 15.5 Å². The summed E-state index contributed by atoms with van der Waals surface area (Å²) < 4.78 is 1.48. The van der Waals surface area contributed by atoms with E-state index in [9.17, 15) is 9.59 Å². The molecule has 0 saturated carbocycles. The Morgan fingerprint density at radius 2 is 2.14 bits per heavy atom. The Morgan fingerprint density at radius 1 is 1.33 bits per heavy atom. The van der Waals surface area contributed by atoms with Gasteiger partial charge in [0.15, 0.2) is 0 Å². The quantitative estimate of drug-likeness (QED) is 0.431. The van der Waals surface area contributed by atoms with Crippen LogP contribution in [0, 0.1) is 0 Å². The van der Waals surface area contributed by atoms with Crippen molar-refractivity contribution >= 4 is 28.1 Å². The molecule has 0 radical (unpaired) electrons. The second kappa shape index (κ2) is 5.47. The Balaban J connectivity index is 2.03. The molecule has 106 valence electrons. The number of para-hydroxylation sites is 1. The van der Waals surface area contributed by atoms with Crippen molar-refractivity contribution in [2.75, 3.05) is 0 Å². The number of amides is 1. The number of aromatic nitrogens is 2. The normalized spacial score (nSPS) is 10.7. The molecule has 0 aliphatic rings. The van der Waals surface area contributed by atoms with Gasteiger partial charge >= 0.3 is 0 Å². The minimum Gasteiger partial charge on any atom is -0.294 e. The van der Waals surface area contributed by atoms with Gasteiger partial charge in [0.25, 0.3) is 11.5 Å². The second-order valence-electron chi connectivity index (χ2n) is 4.44. The van der Waals surface area contributed by atoms with E-state index in [1.165, 1.54) is 22.2 Å². The van der Waals surface area contributed by atoms with Crippen LogP contribution in [-0.2, 0) is 6.54 Å². The fourth-order valence-electron chi connectivity index (χ4n) is 2.13. The van der Waals surface area contributed by atoms with Crippen LogP contribution in [0.25, 0.3) is 10.9 Å². The molecule has 0 aliphatic carbocycles. The highest BCUT2D eigenvalue weighted by molar-refractivity contribution is 7.12. The predicted octanol–water partition coefficient (Wildman–Crippen LogP) is 1.11. The molecule has 3 rings (SSSR count). The Hall–Kier alpha value is -2.51. The van der Waals surface area contributed by atoms with Gasteiger partial charge in [0.05, 0.1) is 28.7 Å². The van der Waals surface area contributed by atoms with E-state index in [2.05, 4.69) is 10.4 Å². The van der Waals surface area contributed by atoms with Gasteiger partial charge in [0.1, 0.15) is 0 Å². The van der Waals surface area contributed by atoms with Gasteiger partial charge in [0, 0.05) is 0 Å². The molecule has 3 N–H and O–H groups in total. The summed E-state index contributed by atoms with van der Waals surface area (Å²) in [6.45, 7) is 0.281. The van der Waals surface area contributed by atoms with E-state index in [-0.39, 0.29) is 18.0 Å². The summed E-state index contributed by atoms with van der Waals surface area (Å²) in [5.74, 6) is 4.80. The van der Waals surface area contributed by atoms with Gasteiger partial charge in [-0.1, -0.05) is 12.1 Å². The molecule has 21 heavy (non-hydrogen) atoms. The van der Waals surface area contributed by atoms with Crippen molar-refractivity contribution < 1.29 is 4.79 Å². The number of carbonyl (C=O) groups is 1. The Bertz CT molecular complexity index is 869. The molecule has 2 aromatic heterocycles. The van der Waals surface area contributed by atoms with Crippen molar-refractivity contribution in [1.82, 2.24) is 15.0 Å². The van der Waals surface area contributed by atoms with Crippen molar-refractivity contribution in [2.24, 2.45) is 5.84 Å². The van der Waals surface area contributed by atoms with Crippen LogP contribution in [0.1, 0.15) is 15.2 Å². The number of thiophene rings is 1. The molecule has 0 fully saturated rings. The predicted molar refractivity (Wildman–Crippen MR) is 81.1 cm³/mol. The molecule has 0 aliphatic heterocycles. The molecule has 7 heteroatoms. The van der Waals surface area contributed by atoms with Gasteiger partial charge in [0.2, 0.25) is 0 Å². The Morgan fingerprint density at radius 3 is 2.95 bits per heavy atom. The highest BCUT2D eigenvalue weighted by Crippen LogP contribution is 2.17. The molecule has 0 unspecified atom stereocenters. The second-order valence-corrected chi connectivity index (χ2v) is 5.36. The number of nitrogens with zero attached hydrogens (tertiary/aromatic N) is 2. The van der Waals surface area contributed by atoms with Crippen LogP contribution in [0.4, 0.5) is 0 Å². The first-order valence-corrected chi connectivity index (χ1v) is 7.10. The van der Waals surface area contributed by atoms with Crippen LogP contribution < -0.4 is 16.8 Å². The maximum Gasteiger partial charge on any atom is 0.275 e. The van der Waals surface area contributed by atoms with E-state index in [4.69, 9.17) is 5.84 Å². The van der Waals surface area contributed by atoms with Crippen LogP contribution in [0.5, 0.6) is 0 Å². The van der Waals surface area contributed by atoms with Crippen LogP contribution in [0.15, 0.2) is 46.8 Å². The molecule has 0 atom stereocenters. The van der Waals surface area contributed by atoms with Gasteiger partial charge in [-0.2, -0.15) is 0 Å². The van der Waals surface area contributed by atoms with Crippen molar-refractivity contribution in [1.29, 1.82) is 0 Å². The SMILES string of the molecule is NNC(=O)c1sccc1Cn1cnc2ccccc2c1=O. The molecule has 2 heterocycles. The highest BCUT2D eigenvalue weighted by Gasteiger charge is 2.13. The van der Waals surface area contributed by atoms with E-state index < -0.39 is 0 Å². The molecular formula is C14H12N4O2S. The minimum absolute atomic E-state index is 0.133. The van der Waals surface area contributed by atoms with Crippen molar-refractivity contribution in [3.8, 4) is 0 Å². The fraction of sp³-hybridized carbons (Fsp3) is 0.0714. The molecule has 0 saturated heterocycles. The zero-order chi connectivity index (χ0) is 14.8. The lowest BCUT2D eigenvalue weighted by Gasteiger charge is -2.07. The van der Waals surface area contributed by atoms with Crippen molar-refractivity contribution in [3.05, 3.63) is 62.8 Å². The maximum atomic E-state index is 12.4. The summed E-state index contributed by atoms with van der Waals surface area (Å²) in [4.78, 5) is 28.8. The third-order valence-electron chi connectivity index (χ3n) is 3.16. The number of hydrazine groups is 1. The summed E-state index contributed by atoms with van der Waals surface area (Å²) >= 11 is 1.28. The largest absolute Gasteiger partial charge is 0.294 e. The van der Waals surface area contributed by atoms with Crippen molar-refractivity contribution in [3.63, 3.8) is 0 Å². The number of nitrogens with one attached hydrogen (secondary N) is 1. The average molecular weight is 300 g/mol. The van der Waals surface area contributed by atoms with E-state index in [0.717, 1.165) is 5.56 Å². The standard InChI is InChI=1S/C14H12N4O2S/c15-17-13(19)12-9(5-6-21-12)7-18-8-16-11-4-2-1-3-10(11)14(18)20/h1-6,8H,7,15H2,(H,17,19). The Labute approximate surface area is 123 Å². The third-order valence-corrected chi connectivity index (χ3v) is 4.11. The minimum atomic E-state index is -0.359. The lowest BCUT2D eigenvalue weighted by Crippen LogP contribution is -2.30. The molecule has 6 nitrogen and oxygen atoms in total. The van der Waals surface area contributed by atoms with E-state index in [0.29, 0.717) is 15.8 Å². The molecule has 0 bridgehead atoms. The summed E-state index contributed by atoms with van der Waals surface area (Å²) in [6.07, 6.45) is 1.49. The maximum absolute atomic E-state index is 12.4. The Kier molecular flexibility index (Phi) is 3.51. The number of hydrogen-bond donors (Lipinski definition) is 2. The highest BCUT2D eigenvalue weighted by atomic mass is 32.1. The van der Waals surface area contributed by atoms with Crippen LogP contribution in [0.3, 0.4) is 0 Å². The van der Waals surface area contributed by atoms with Gasteiger partial charge in [-0.25, -0.2) is 10.8 Å². The molecule has 1 amide bonds. The molecule has 0 spiro atoms. The van der Waals surface area contributed by atoms with Crippen LogP contribution >= 0.6 is 11.3 Å². The summed E-state index contributed by atoms with van der Waals surface area (Å²) in [5, 5.41) is 2.35.